The summed E-state index contributed by atoms with van der Waals surface area (Å²) in [5.41, 5.74) is 5.93. The number of hydrogen-bond acceptors (Lipinski definition) is 4. The second kappa shape index (κ2) is 4.93. The van der Waals surface area contributed by atoms with E-state index in [1.807, 2.05) is 0 Å². The third-order valence-electron chi connectivity index (χ3n) is 2.20. The van der Waals surface area contributed by atoms with Crippen molar-refractivity contribution in [3.05, 3.63) is 57.6 Å². The summed E-state index contributed by atoms with van der Waals surface area (Å²) in [7, 11) is 0. The maximum Gasteiger partial charge on any atom is 0.313 e. The van der Waals surface area contributed by atoms with E-state index < -0.39 is 4.92 Å². The van der Waals surface area contributed by atoms with Crippen molar-refractivity contribution in [1.29, 1.82) is 0 Å². The predicted octanol–water partition coefficient (Wildman–Crippen LogP) is 3.62. The molecule has 6 heteroatoms. The molecule has 0 aliphatic heterocycles. The summed E-state index contributed by atoms with van der Waals surface area (Å²) in [5.74, 6) is 0.551. The fourth-order valence-electron chi connectivity index (χ4n) is 1.42. The van der Waals surface area contributed by atoms with Crippen LogP contribution in [0.4, 0.5) is 11.4 Å². The zero-order valence-electron chi connectivity index (χ0n) is 9.17. The minimum Gasteiger partial charge on any atom is -0.450 e. The molecule has 0 fully saturated rings. The van der Waals surface area contributed by atoms with Crippen molar-refractivity contribution in [3.63, 3.8) is 0 Å². The maximum atomic E-state index is 10.9. The van der Waals surface area contributed by atoms with Crippen LogP contribution in [0.3, 0.4) is 0 Å². The molecule has 0 bridgehead atoms. The first-order valence-electron chi connectivity index (χ1n) is 5.03. The summed E-state index contributed by atoms with van der Waals surface area (Å²) < 4.78 is 5.43. The number of nitrogen functional groups attached to an aromatic ring is 1. The van der Waals surface area contributed by atoms with E-state index in [9.17, 15) is 10.1 Å². The molecule has 0 heterocycles. The van der Waals surface area contributed by atoms with Crippen molar-refractivity contribution in [2.75, 3.05) is 5.73 Å². The molecule has 0 saturated carbocycles. The van der Waals surface area contributed by atoms with Gasteiger partial charge < -0.3 is 10.5 Å². The lowest BCUT2D eigenvalue weighted by Gasteiger charge is -2.06. The van der Waals surface area contributed by atoms with Crippen LogP contribution in [-0.4, -0.2) is 4.92 Å². The molecule has 0 aliphatic carbocycles. The molecular formula is C12H9ClN2O3. The van der Waals surface area contributed by atoms with Crippen LogP contribution < -0.4 is 10.5 Å². The SMILES string of the molecule is Nc1cccc(Oc2ccc(Cl)cc2[N+](=O)[O-])c1. The molecular weight excluding hydrogens is 256 g/mol. The zero-order valence-corrected chi connectivity index (χ0v) is 9.92. The van der Waals surface area contributed by atoms with Gasteiger partial charge in [-0.05, 0) is 24.3 Å². The van der Waals surface area contributed by atoms with Crippen LogP contribution in [0.1, 0.15) is 0 Å². The molecule has 0 saturated heterocycles. The molecule has 2 N–H and O–H groups in total. The first-order chi connectivity index (χ1) is 8.56. The monoisotopic (exact) mass is 264 g/mol. The smallest absolute Gasteiger partial charge is 0.313 e. The Kier molecular flexibility index (Phi) is 3.34. The third-order valence-corrected chi connectivity index (χ3v) is 2.44. The molecule has 0 aliphatic rings. The van der Waals surface area contributed by atoms with Gasteiger partial charge >= 0.3 is 5.69 Å². The third kappa shape index (κ3) is 2.70. The summed E-state index contributed by atoms with van der Waals surface area (Å²) in [4.78, 5) is 10.3. The van der Waals surface area contributed by atoms with Crippen molar-refractivity contribution < 1.29 is 9.66 Å². The van der Waals surface area contributed by atoms with Gasteiger partial charge in [0, 0.05) is 22.8 Å². The van der Waals surface area contributed by atoms with Crippen molar-refractivity contribution >= 4 is 23.0 Å². The van der Waals surface area contributed by atoms with Crippen LogP contribution in [0.15, 0.2) is 42.5 Å². The van der Waals surface area contributed by atoms with E-state index in [1.165, 1.54) is 18.2 Å². The molecule has 0 aromatic heterocycles. The second-order valence-corrected chi connectivity index (χ2v) is 3.98. The highest BCUT2D eigenvalue weighted by molar-refractivity contribution is 6.30. The summed E-state index contributed by atoms with van der Waals surface area (Å²) >= 11 is 5.71. The highest BCUT2D eigenvalue weighted by Gasteiger charge is 2.16. The van der Waals surface area contributed by atoms with E-state index in [1.54, 1.807) is 24.3 Å². The van der Waals surface area contributed by atoms with Crippen LogP contribution in [0, 0.1) is 10.1 Å². The Labute approximate surface area is 108 Å². The lowest BCUT2D eigenvalue weighted by atomic mass is 10.3. The van der Waals surface area contributed by atoms with Gasteiger partial charge in [0.05, 0.1) is 4.92 Å². The van der Waals surface area contributed by atoms with Crippen LogP contribution in [0.5, 0.6) is 11.5 Å². The summed E-state index contributed by atoms with van der Waals surface area (Å²) in [6.07, 6.45) is 0. The molecule has 2 aromatic carbocycles. The summed E-state index contributed by atoms with van der Waals surface area (Å²) in [6, 6.07) is 10.9. The molecule has 0 atom stereocenters. The van der Waals surface area contributed by atoms with Crippen LogP contribution in [0.2, 0.25) is 5.02 Å². The van der Waals surface area contributed by atoms with E-state index in [-0.39, 0.29) is 16.5 Å². The van der Waals surface area contributed by atoms with Crippen molar-refractivity contribution in [2.45, 2.75) is 0 Å². The van der Waals surface area contributed by atoms with Gasteiger partial charge in [-0.15, -0.1) is 0 Å². The fourth-order valence-corrected chi connectivity index (χ4v) is 1.59. The number of nitrogens with zero attached hydrogens (tertiary/aromatic N) is 1. The largest absolute Gasteiger partial charge is 0.450 e. The Morgan fingerprint density at radius 3 is 2.67 bits per heavy atom. The molecule has 18 heavy (non-hydrogen) atoms. The number of nitro groups is 1. The molecule has 5 nitrogen and oxygen atoms in total. The molecule has 0 unspecified atom stereocenters. The van der Waals surface area contributed by atoms with Gasteiger partial charge in [0.2, 0.25) is 5.75 Å². The van der Waals surface area contributed by atoms with E-state index in [0.29, 0.717) is 11.4 Å². The first kappa shape index (κ1) is 12.2. The fraction of sp³-hybridized carbons (Fsp3) is 0. The number of nitro benzene ring substituents is 1. The first-order valence-corrected chi connectivity index (χ1v) is 5.41. The Morgan fingerprint density at radius 1 is 1.22 bits per heavy atom. The minimum atomic E-state index is -0.548. The van der Waals surface area contributed by atoms with E-state index in [4.69, 9.17) is 22.1 Å². The predicted molar refractivity (Wildman–Crippen MR) is 69.0 cm³/mol. The molecule has 2 aromatic rings. The van der Waals surface area contributed by atoms with E-state index in [0.717, 1.165) is 0 Å². The van der Waals surface area contributed by atoms with Gasteiger partial charge in [-0.2, -0.15) is 0 Å². The molecule has 92 valence electrons. The normalized spacial score (nSPS) is 10.1. The van der Waals surface area contributed by atoms with Crippen molar-refractivity contribution in [3.8, 4) is 11.5 Å². The van der Waals surface area contributed by atoms with Gasteiger partial charge in [0.1, 0.15) is 5.75 Å². The van der Waals surface area contributed by atoms with Crippen LogP contribution in [0.25, 0.3) is 0 Å². The number of ether oxygens (including phenoxy) is 1. The van der Waals surface area contributed by atoms with Crippen molar-refractivity contribution in [2.24, 2.45) is 0 Å². The van der Waals surface area contributed by atoms with Crippen LogP contribution in [-0.2, 0) is 0 Å². The van der Waals surface area contributed by atoms with Gasteiger partial charge in [0.15, 0.2) is 0 Å². The average Bonchev–Trinajstić information content (AvgIpc) is 2.31. The van der Waals surface area contributed by atoms with Gasteiger partial charge in [0.25, 0.3) is 0 Å². The standard InChI is InChI=1S/C12H9ClN2O3/c13-8-4-5-12(11(6-8)15(16)17)18-10-3-1-2-9(14)7-10/h1-7H,14H2. The molecule has 2 rings (SSSR count). The Hall–Kier alpha value is -2.27. The van der Waals surface area contributed by atoms with Crippen molar-refractivity contribution in [1.82, 2.24) is 0 Å². The number of nitrogens with two attached hydrogens (primary N) is 1. The number of benzene rings is 2. The second-order valence-electron chi connectivity index (χ2n) is 3.54. The number of rotatable bonds is 3. The zero-order chi connectivity index (χ0) is 13.1. The number of halogens is 1. The molecule has 0 radical (unpaired) electrons. The van der Waals surface area contributed by atoms with Gasteiger partial charge in [-0.1, -0.05) is 17.7 Å². The Balaban J connectivity index is 2.37. The molecule has 0 spiro atoms. The van der Waals surface area contributed by atoms with E-state index in [2.05, 4.69) is 0 Å². The van der Waals surface area contributed by atoms with Gasteiger partial charge in [-0.25, -0.2) is 0 Å². The highest BCUT2D eigenvalue weighted by Crippen LogP contribution is 2.33. The van der Waals surface area contributed by atoms with Crippen LogP contribution >= 0.6 is 11.6 Å². The molecule has 0 amide bonds. The number of anilines is 1. The minimum absolute atomic E-state index is 0.120. The topological polar surface area (TPSA) is 78.4 Å². The quantitative estimate of drug-likeness (QED) is 0.522. The lowest BCUT2D eigenvalue weighted by Crippen LogP contribution is -1.94. The number of hydrogen-bond donors (Lipinski definition) is 1. The lowest BCUT2D eigenvalue weighted by molar-refractivity contribution is -0.385. The Bertz CT molecular complexity index is 602. The van der Waals surface area contributed by atoms with Gasteiger partial charge in [-0.3, -0.25) is 10.1 Å². The Morgan fingerprint density at radius 2 is 2.00 bits per heavy atom. The maximum absolute atomic E-state index is 10.9. The van der Waals surface area contributed by atoms with E-state index >= 15 is 0 Å². The average molecular weight is 265 g/mol. The highest BCUT2D eigenvalue weighted by atomic mass is 35.5. The summed E-state index contributed by atoms with van der Waals surface area (Å²) in [6.45, 7) is 0. The summed E-state index contributed by atoms with van der Waals surface area (Å²) in [5, 5.41) is 11.2.